The zero-order chi connectivity index (χ0) is 15.9. The number of hydrogen-bond donors (Lipinski definition) is 1. The Hall–Kier alpha value is -1.78. The second-order valence-corrected chi connectivity index (χ2v) is 6.87. The minimum atomic E-state index is -4.59. The number of Topliss-reactive ketones (excluding diaryl/α,β-unsaturated/α-hetero) is 1. The zero-order valence-electron chi connectivity index (χ0n) is 12.2. The highest BCUT2D eigenvalue weighted by molar-refractivity contribution is 6.09. The van der Waals surface area contributed by atoms with Crippen molar-refractivity contribution >= 4 is 17.0 Å². The molecule has 1 fully saturated rings. The molecule has 4 rings (SSSR count). The normalized spacial score (nSPS) is 29.8. The first kappa shape index (κ1) is 13.9. The van der Waals surface area contributed by atoms with E-state index in [9.17, 15) is 18.0 Å². The SMILES string of the molecule is Cc1cc2c(cc1N)CC13CCC(C1)C(=O)C(C(F)(F)F)=C23. The van der Waals surface area contributed by atoms with Crippen LogP contribution in [0, 0.1) is 18.3 Å². The molecular formula is C17H16F3NO. The van der Waals surface area contributed by atoms with Crippen LogP contribution in [0.5, 0.6) is 0 Å². The van der Waals surface area contributed by atoms with E-state index in [1.807, 2.05) is 0 Å². The van der Waals surface area contributed by atoms with Gasteiger partial charge in [0.15, 0.2) is 5.78 Å². The number of allylic oxidation sites excluding steroid dienone is 2. The van der Waals surface area contributed by atoms with Gasteiger partial charge in [-0.25, -0.2) is 0 Å². The molecule has 1 spiro atoms. The molecule has 2 unspecified atom stereocenters. The predicted molar refractivity (Wildman–Crippen MR) is 77.1 cm³/mol. The van der Waals surface area contributed by atoms with E-state index >= 15 is 0 Å². The Morgan fingerprint density at radius 3 is 2.73 bits per heavy atom. The number of anilines is 1. The minimum absolute atomic E-state index is 0.247. The monoisotopic (exact) mass is 307 g/mol. The lowest BCUT2D eigenvalue weighted by Crippen LogP contribution is -2.34. The highest BCUT2D eigenvalue weighted by Gasteiger charge is 2.59. The van der Waals surface area contributed by atoms with E-state index in [4.69, 9.17) is 5.73 Å². The standard InChI is InChI=1S/C17H16F3NO/c1-8-4-11-10(5-12(8)21)7-16-3-2-9(6-16)15(22)14(13(11)16)17(18,19)20/h4-5,9H,2-3,6-7,21H2,1H3. The number of halogens is 3. The summed E-state index contributed by atoms with van der Waals surface area (Å²) in [6.45, 7) is 1.79. The molecule has 0 heterocycles. The maximum absolute atomic E-state index is 13.6. The summed E-state index contributed by atoms with van der Waals surface area (Å²) in [5, 5.41) is 0. The van der Waals surface area contributed by atoms with E-state index in [-0.39, 0.29) is 5.57 Å². The summed E-state index contributed by atoms with van der Waals surface area (Å²) < 4.78 is 40.7. The lowest BCUT2D eigenvalue weighted by molar-refractivity contribution is -0.132. The number of aryl methyl sites for hydroxylation is 1. The van der Waals surface area contributed by atoms with Crippen LogP contribution >= 0.6 is 0 Å². The van der Waals surface area contributed by atoms with Crippen LogP contribution in [0.15, 0.2) is 17.7 Å². The molecule has 1 saturated carbocycles. The number of nitrogens with two attached hydrogens (primary N) is 1. The molecule has 0 saturated heterocycles. The van der Waals surface area contributed by atoms with Gasteiger partial charge in [-0.15, -0.1) is 0 Å². The number of rotatable bonds is 0. The zero-order valence-corrected chi connectivity index (χ0v) is 12.2. The lowest BCUT2D eigenvalue weighted by Gasteiger charge is -2.33. The summed E-state index contributed by atoms with van der Waals surface area (Å²) in [5.41, 5.74) is 7.57. The smallest absolute Gasteiger partial charge is 0.399 e. The Labute approximate surface area is 126 Å². The average molecular weight is 307 g/mol. The lowest BCUT2D eigenvalue weighted by atomic mass is 9.71. The highest BCUT2D eigenvalue weighted by atomic mass is 19.4. The maximum Gasteiger partial charge on any atom is 0.420 e. The van der Waals surface area contributed by atoms with Crippen molar-refractivity contribution in [1.82, 2.24) is 0 Å². The van der Waals surface area contributed by atoms with E-state index in [2.05, 4.69) is 0 Å². The molecule has 0 amide bonds. The van der Waals surface area contributed by atoms with Crippen molar-refractivity contribution in [2.45, 2.75) is 38.8 Å². The molecule has 0 aliphatic heterocycles. The van der Waals surface area contributed by atoms with Crippen LogP contribution in [0.2, 0.25) is 0 Å². The molecule has 5 heteroatoms. The van der Waals surface area contributed by atoms with Gasteiger partial charge in [-0.1, -0.05) is 0 Å². The van der Waals surface area contributed by atoms with Crippen molar-refractivity contribution in [3.8, 4) is 0 Å². The maximum atomic E-state index is 13.6. The average Bonchev–Trinajstić information content (AvgIpc) is 2.91. The Morgan fingerprint density at radius 2 is 2.05 bits per heavy atom. The first-order chi connectivity index (χ1) is 10.2. The molecule has 3 aliphatic rings. The van der Waals surface area contributed by atoms with Crippen LogP contribution in [-0.4, -0.2) is 12.0 Å². The van der Waals surface area contributed by atoms with Gasteiger partial charge in [0.05, 0.1) is 0 Å². The third-order valence-corrected chi connectivity index (χ3v) is 5.58. The first-order valence-corrected chi connectivity index (χ1v) is 7.48. The molecule has 2 bridgehead atoms. The van der Waals surface area contributed by atoms with Gasteiger partial charge in [0, 0.05) is 17.0 Å². The molecule has 2 N–H and O–H groups in total. The number of hydrogen-bond acceptors (Lipinski definition) is 2. The first-order valence-electron chi connectivity index (χ1n) is 7.48. The van der Waals surface area contributed by atoms with E-state index in [0.29, 0.717) is 36.9 Å². The van der Waals surface area contributed by atoms with Crippen LogP contribution in [0.25, 0.3) is 5.57 Å². The summed E-state index contributed by atoms with van der Waals surface area (Å²) in [4.78, 5) is 12.3. The van der Waals surface area contributed by atoms with Gasteiger partial charge in [0.1, 0.15) is 5.57 Å². The van der Waals surface area contributed by atoms with Crippen molar-refractivity contribution in [1.29, 1.82) is 0 Å². The second-order valence-electron chi connectivity index (χ2n) is 6.87. The van der Waals surface area contributed by atoms with Crippen LogP contribution in [-0.2, 0) is 11.2 Å². The molecule has 3 aliphatic carbocycles. The number of benzene rings is 1. The fourth-order valence-corrected chi connectivity index (χ4v) is 4.64. The summed E-state index contributed by atoms with van der Waals surface area (Å²) in [6, 6.07) is 3.52. The molecule has 22 heavy (non-hydrogen) atoms. The van der Waals surface area contributed by atoms with Crippen molar-refractivity contribution < 1.29 is 18.0 Å². The Kier molecular flexibility index (Phi) is 2.48. The number of ketones is 1. The molecule has 2 nitrogen and oxygen atoms in total. The molecule has 0 radical (unpaired) electrons. The molecule has 0 aromatic heterocycles. The van der Waals surface area contributed by atoms with Crippen molar-refractivity contribution in [3.63, 3.8) is 0 Å². The number of carbonyl (C=O) groups excluding carboxylic acids is 1. The van der Waals surface area contributed by atoms with Gasteiger partial charge in [0.2, 0.25) is 0 Å². The Morgan fingerprint density at radius 1 is 1.32 bits per heavy atom. The molecule has 116 valence electrons. The molecule has 1 aromatic rings. The predicted octanol–water partition coefficient (Wildman–Crippen LogP) is 3.82. The quantitative estimate of drug-likeness (QED) is 0.740. The number of fused-ring (bicyclic) bond motifs is 3. The highest BCUT2D eigenvalue weighted by Crippen LogP contribution is 2.64. The van der Waals surface area contributed by atoms with Crippen LogP contribution in [0.3, 0.4) is 0 Å². The van der Waals surface area contributed by atoms with Crippen molar-refractivity contribution in [2.75, 3.05) is 5.73 Å². The van der Waals surface area contributed by atoms with E-state index in [0.717, 1.165) is 11.1 Å². The van der Waals surface area contributed by atoms with Gasteiger partial charge < -0.3 is 5.73 Å². The number of carbonyl (C=O) groups is 1. The Balaban J connectivity index is 2.06. The summed E-state index contributed by atoms with van der Waals surface area (Å²) in [6.07, 6.45) is -2.24. The molecule has 2 atom stereocenters. The minimum Gasteiger partial charge on any atom is -0.399 e. The third-order valence-electron chi connectivity index (χ3n) is 5.58. The molecule has 1 aromatic carbocycles. The third kappa shape index (κ3) is 1.59. The van der Waals surface area contributed by atoms with Crippen LogP contribution in [0.4, 0.5) is 18.9 Å². The van der Waals surface area contributed by atoms with Gasteiger partial charge in [-0.05, 0) is 67.0 Å². The van der Waals surface area contributed by atoms with Gasteiger partial charge >= 0.3 is 6.18 Å². The number of alkyl halides is 3. The largest absolute Gasteiger partial charge is 0.420 e. The van der Waals surface area contributed by atoms with E-state index < -0.39 is 28.9 Å². The van der Waals surface area contributed by atoms with E-state index in [1.165, 1.54) is 0 Å². The van der Waals surface area contributed by atoms with E-state index in [1.54, 1.807) is 19.1 Å². The van der Waals surface area contributed by atoms with Gasteiger partial charge in [-0.2, -0.15) is 13.2 Å². The number of nitrogen functional groups attached to an aromatic ring is 1. The fraction of sp³-hybridized carbons (Fsp3) is 0.471. The second kappa shape index (κ2) is 3.94. The van der Waals surface area contributed by atoms with Crippen molar-refractivity contribution in [3.05, 3.63) is 34.4 Å². The van der Waals surface area contributed by atoms with Crippen molar-refractivity contribution in [2.24, 2.45) is 11.3 Å². The summed E-state index contributed by atoms with van der Waals surface area (Å²) >= 11 is 0. The van der Waals surface area contributed by atoms with Gasteiger partial charge in [0.25, 0.3) is 0 Å². The Bertz CT molecular complexity index is 747. The van der Waals surface area contributed by atoms with Crippen LogP contribution < -0.4 is 5.73 Å². The summed E-state index contributed by atoms with van der Waals surface area (Å²) in [7, 11) is 0. The topological polar surface area (TPSA) is 43.1 Å². The summed E-state index contributed by atoms with van der Waals surface area (Å²) in [5.74, 6) is -1.17. The van der Waals surface area contributed by atoms with Gasteiger partial charge in [-0.3, -0.25) is 4.79 Å². The van der Waals surface area contributed by atoms with Crippen LogP contribution in [0.1, 0.15) is 36.0 Å². The fourth-order valence-electron chi connectivity index (χ4n) is 4.64. The molecular weight excluding hydrogens is 291 g/mol.